The van der Waals surface area contributed by atoms with E-state index >= 15 is 0 Å². The van der Waals surface area contributed by atoms with Crippen LogP contribution in [-0.4, -0.2) is 18.3 Å². The average molecular weight is 402 g/mol. The Kier molecular flexibility index (Phi) is 5.75. The number of pyridine rings is 1. The third kappa shape index (κ3) is 4.48. The topological polar surface area (TPSA) is 40.5 Å². The van der Waals surface area contributed by atoms with Crippen molar-refractivity contribution < 1.29 is 9.47 Å². The van der Waals surface area contributed by atoms with Crippen LogP contribution < -0.4 is 14.9 Å². The first-order chi connectivity index (χ1) is 14.5. The molecule has 0 atom stereocenters. The van der Waals surface area contributed by atoms with E-state index in [4.69, 9.17) is 9.47 Å². The van der Waals surface area contributed by atoms with E-state index in [0.717, 1.165) is 46.2 Å². The number of aryl methyl sites for hydroxylation is 2. The van der Waals surface area contributed by atoms with Crippen molar-refractivity contribution in [1.29, 1.82) is 0 Å². The largest absolute Gasteiger partial charge is 0.493 e. The molecule has 0 spiro atoms. The third-order valence-electron chi connectivity index (χ3n) is 5.45. The number of hydrogen-bond donors (Lipinski definition) is 0. The van der Waals surface area contributed by atoms with Crippen molar-refractivity contribution in [2.24, 2.45) is 5.92 Å². The summed E-state index contributed by atoms with van der Waals surface area (Å²) in [6.45, 7) is 4.62. The van der Waals surface area contributed by atoms with Gasteiger partial charge in [-0.25, -0.2) is 0 Å². The molecule has 0 radical (unpaired) electrons. The van der Waals surface area contributed by atoms with Crippen LogP contribution >= 0.6 is 0 Å². The van der Waals surface area contributed by atoms with Gasteiger partial charge < -0.3 is 14.0 Å². The molecule has 1 saturated carbocycles. The van der Waals surface area contributed by atoms with Gasteiger partial charge in [0, 0.05) is 35.3 Å². The first kappa shape index (κ1) is 20.0. The zero-order valence-electron chi connectivity index (χ0n) is 17.7. The summed E-state index contributed by atoms with van der Waals surface area (Å²) in [7, 11) is 1.67. The van der Waals surface area contributed by atoms with E-state index in [1.54, 1.807) is 19.2 Å². The molecule has 4 heteroatoms. The number of methoxy groups -OCH3 is 1. The molecule has 1 aromatic heterocycles. The van der Waals surface area contributed by atoms with Crippen LogP contribution in [0.5, 0.6) is 11.5 Å². The van der Waals surface area contributed by atoms with Crippen molar-refractivity contribution in [3.8, 4) is 11.5 Å². The number of rotatable bonds is 7. The van der Waals surface area contributed by atoms with E-state index in [1.165, 1.54) is 12.8 Å². The monoisotopic (exact) mass is 401 g/mol. The van der Waals surface area contributed by atoms with Crippen LogP contribution in [0, 0.1) is 19.8 Å². The van der Waals surface area contributed by atoms with E-state index in [-0.39, 0.29) is 5.43 Å². The van der Waals surface area contributed by atoms with Gasteiger partial charge in [0.05, 0.1) is 13.7 Å². The molecule has 2 aromatic carbocycles. The Morgan fingerprint density at radius 2 is 1.67 bits per heavy atom. The molecule has 4 rings (SSSR count). The second kappa shape index (κ2) is 8.62. The molecule has 0 unspecified atom stereocenters. The molecule has 1 heterocycles. The standard InChI is InChI=1S/C26H27NO3/c1-18-13-23(28)14-19(2)27(18)16-24(21-7-5-4-6-8-21)22-11-12-25(29-3)26(15-22)30-17-20-9-10-20/h4-8,11-16,20H,9-10,17H2,1-3H3/b24-16-. The van der Waals surface area contributed by atoms with E-state index < -0.39 is 0 Å². The van der Waals surface area contributed by atoms with Gasteiger partial charge >= 0.3 is 0 Å². The van der Waals surface area contributed by atoms with Crippen LogP contribution in [0.2, 0.25) is 0 Å². The van der Waals surface area contributed by atoms with E-state index in [9.17, 15) is 4.79 Å². The first-order valence-electron chi connectivity index (χ1n) is 10.3. The van der Waals surface area contributed by atoms with Crippen LogP contribution in [-0.2, 0) is 0 Å². The number of ether oxygens (including phenoxy) is 2. The van der Waals surface area contributed by atoms with Gasteiger partial charge in [-0.05, 0) is 55.9 Å². The maximum atomic E-state index is 11.9. The summed E-state index contributed by atoms with van der Waals surface area (Å²) < 4.78 is 13.7. The number of hydrogen-bond acceptors (Lipinski definition) is 3. The van der Waals surface area contributed by atoms with E-state index in [1.807, 2.05) is 44.2 Å². The Hall–Kier alpha value is -3.27. The minimum Gasteiger partial charge on any atom is -0.493 e. The second-order valence-electron chi connectivity index (χ2n) is 7.87. The summed E-state index contributed by atoms with van der Waals surface area (Å²) in [5, 5.41) is 0. The minimum atomic E-state index is 0.0242. The molecule has 1 aliphatic rings. The number of benzene rings is 2. The lowest BCUT2D eigenvalue weighted by atomic mass is 9.98. The Balaban J connectivity index is 1.83. The smallest absolute Gasteiger partial charge is 0.182 e. The highest BCUT2D eigenvalue weighted by molar-refractivity contribution is 5.88. The predicted molar refractivity (Wildman–Crippen MR) is 121 cm³/mol. The highest BCUT2D eigenvalue weighted by atomic mass is 16.5. The molecule has 30 heavy (non-hydrogen) atoms. The normalized spacial score (nSPS) is 13.9. The summed E-state index contributed by atoms with van der Waals surface area (Å²) >= 11 is 0. The van der Waals surface area contributed by atoms with Gasteiger partial charge in [-0.1, -0.05) is 36.4 Å². The van der Waals surface area contributed by atoms with Gasteiger partial charge in [-0.2, -0.15) is 0 Å². The molecule has 1 aliphatic carbocycles. The van der Waals surface area contributed by atoms with Crippen LogP contribution in [0.3, 0.4) is 0 Å². The number of aromatic nitrogens is 1. The Morgan fingerprint density at radius 3 is 2.30 bits per heavy atom. The first-order valence-corrected chi connectivity index (χ1v) is 10.3. The molecule has 0 amide bonds. The van der Waals surface area contributed by atoms with Crippen molar-refractivity contribution in [2.45, 2.75) is 26.7 Å². The van der Waals surface area contributed by atoms with Gasteiger partial charge in [-0.15, -0.1) is 0 Å². The summed E-state index contributed by atoms with van der Waals surface area (Å²) in [5.74, 6) is 2.16. The molecule has 0 bridgehead atoms. The Bertz CT molecular complexity index is 1100. The maximum Gasteiger partial charge on any atom is 0.182 e. The number of nitrogens with zero attached hydrogens (tertiary/aromatic N) is 1. The van der Waals surface area contributed by atoms with Crippen molar-refractivity contribution in [3.05, 3.63) is 93.4 Å². The highest BCUT2D eigenvalue weighted by Gasteiger charge is 2.23. The zero-order chi connectivity index (χ0) is 21.1. The average Bonchev–Trinajstić information content (AvgIpc) is 3.57. The molecule has 1 fully saturated rings. The summed E-state index contributed by atoms with van der Waals surface area (Å²) in [5.41, 5.74) is 4.98. The van der Waals surface area contributed by atoms with Gasteiger partial charge in [0.15, 0.2) is 16.9 Å². The lowest BCUT2D eigenvalue weighted by Gasteiger charge is -2.16. The van der Waals surface area contributed by atoms with E-state index in [0.29, 0.717) is 5.92 Å². The second-order valence-corrected chi connectivity index (χ2v) is 7.87. The van der Waals surface area contributed by atoms with Crippen LogP contribution in [0.25, 0.3) is 11.8 Å². The van der Waals surface area contributed by atoms with Gasteiger partial charge in [0.1, 0.15) is 0 Å². The Morgan fingerprint density at radius 1 is 0.967 bits per heavy atom. The van der Waals surface area contributed by atoms with Gasteiger partial charge in [0.2, 0.25) is 0 Å². The predicted octanol–water partition coefficient (Wildman–Crippen LogP) is 5.31. The Labute approximate surface area is 177 Å². The van der Waals surface area contributed by atoms with Crippen molar-refractivity contribution in [1.82, 2.24) is 4.57 Å². The fourth-order valence-corrected chi connectivity index (χ4v) is 3.59. The van der Waals surface area contributed by atoms with Gasteiger partial charge in [-0.3, -0.25) is 4.79 Å². The minimum absolute atomic E-state index is 0.0242. The zero-order valence-corrected chi connectivity index (χ0v) is 17.7. The van der Waals surface area contributed by atoms with E-state index in [2.05, 4.69) is 29.0 Å². The fourth-order valence-electron chi connectivity index (χ4n) is 3.59. The molecule has 0 N–H and O–H groups in total. The quantitative estimate of drug-likeness (QED) is 0.539. The third-order valence-corrected chi connectivity index (χ3v) is 5.45. The molecular formula is C26H27NO3. The molecule has 3 aromatic rings. The van der Waals surface area contributed by atoms with Crippen LogP contribution in [0.1, 0.15) is 35.4 Å². The van der Waals surface area contributed by atoms with Crippen molar-refractivity contribution >= 4 is 11.8 Å². The van der Waals surface area contributed by atoms with Crippen molar-refractivity contribution in [2.75, 3.05) is 13.7 Å². The van der Waals surface area contributed by atoms with Gasteiger partial charge in [0.25, 0.3) is 0 Å². The molecule has 0 aliphatic heterocycles. The van der Waals surface area contributed by atoms with Crippen LogP contribution in [0.15, 0.2) is 65.5 Å². The maximum absolute atomic E-state index is 11.9. The molecule has 4 nitrogen and oxygen atoms in total. The lowest BCUT2D eigenvalue weighted by molar-refractivity contribution is 0.280. The highest BCUT2D eigenvalue weighted by Crippen LogP contribution is 2.36. The molecule has 0 saturated heterocycles. The fraction of sp³-hybridized carbons (Fsp3) is 0.269. The summed E-state index contributed by atoms with van der Waals surface area (Å²) in [6.07, 6.45) is 4.57. The molecule has 154 valence electrons. The van der Waals surface area contributed by atoms with Crippen molar-refractivity contribution in [3.63, 3.8) is 0 Å². The lowest BCUT2D eigenvalue weighted by Crippen LogP contribution is -2.09. The summed E-state index contributed by atoms with van der Waals surface area (Å²) in [4.78, 5) is 11.9. The molecular weight excluding hydrogens is 374 g/mol. The van der Waals surface area contributed by atoms with Crippen LogP contribution in [0.4, 0.5) is 0 Å². The summed E-state index contributed by atoms with van der Waals surface area (Å²) in [6, 6.07) is 19.6. The SMILES string of the molecule is COc1ccc(/C(=C\n2c(C)cc(=O)cc2C)c2ccccc2)cc1OCC1CC1.